The van der Waals surface area contributed by atoms with Gasteiger partial charge in [-0.1, -0.05) is 25.1 Å². The summed E-state index contributed by atoms with van der Waals surface area (Å²) in [5.41, 5.74) is 6.37. The molecule has 2 nitrogen and oxygen atoms in total. The second-order valence-corrected chi connectivity index (χ2v) is 2.78. The molecule has 0 saturated carbocycles. The Balaban J connectivity index is 2.89. The first-order chi connectivity index (χ1) is 5.74. The van der Waals surface area contributed by atoms with Crippen LogP contribution in [-0.2, 0) is 6.42 Å². The lowest BCUT2D eigenvalue weighted by atomic mass is 10.1. The molecule has 0 aliphatic carbocycles. The number of hydrogen-bond acceptors (Lipinski definition) is 2. The van der Waals surface area contributed by atoms with Crippen LogP contribution in [0.4, 0.5) is 0 Å². The molecule has 0 amide bonds. The van der Waals surface area contributed by atoms with E-state index in [1.54, 1.807) is 0 Å². The van der Waals surface area contributed by atoms with Gasteiger partial charge >= 0.3 is 0 Å². The molecule has 1 aromatic carbocycles. The van der Waals surface area contributed by atoms with Crippen LogP contribution in [-0.4, -0.2) is 5.17 Å². The minimum atomic E-state index is 0.0656. The van der Waals surface area contributed by atoms with Gasteiger partial charge in [0.25, 0.3) is 5.17 Å². The van der Waals surface area contributed by atoms with E-state index in [0.717, 1.165) is 17.7 Å². The molecule has 0 spiro atoms. The molecule has 0 heterocycles. The molecule has 0 aliphatic rings. The van der Waals surface area contributed by atoms with Crippen molar-refractivity contribution in [3.8, 4) is 5.75 Å². The molecule has 12 heavy (non-hydrogen) atoms. The van der Waals surface area contributed by atoms with E-state index in [1.807, 2.05) is 24.3 Å². The fourth-order valence-electron chi connectivity index (χ4n) is 1.00. The van der Waals surface area contributed by atoms with Crippen LogP contribution in [0.15, 0.2) is 24.3 Å². The van der Waals surface area contributed by atoms with Gasteiger partial charge in [0.05, 0.1) is 0 Å². The number of ether oxygens (including phenoxy) is 1. The molecular formula is C9H11NOS. The summed E-state index contributed by atoms with van der Waals surface area (Å²) in [4.78, 5) is 0. The zero-order valence-electron chi connectivity index (χ0n) is 6.91. The Kier molecular flexibility index (Phi) is 3.05. The van der Waals surface area contributed by atoms with Gasteiger partial charge in [0, 0.05) is 0 Å². The Morgan fingerprint density at radius 2 is 2.17 bits per heavy atom. The summed E-state index contributed by atoms with van der Waals surface area (Å²) in [5, 5.41) is 0.0656. The van der Waals surface area contributed by atoms with Crippen molar-refractivity contribution in [3.63, 3.8) is 0 Å². The highest BCUT2D eigenvalue weighted by Crippen LogP contribution is 2.17. The zero-order chi connectivity index (χ0) is 8.97. The van der Waals surface area contributed by atoms with Crippen LogP contribution in [0.2, 0.25) is 0 Å². The number of para-hydroxylation sites is 1. The van der Waals surface area contributed by atoms with Crippen molar-refractivity contribution in [2.45, 2.75) is 13.3 Å². The van der Waals surface area contributed by atoms with Gasteiger partial charge in [0.2, 0.25) is 0 Å². The van der Waals surface area contributed by atoms with Crippen molar-refractivity contribution < 1.29 is 4.74 Å². The molecule has 1 rings (SSSR count). The molecule has 3 heteroatoms. The number of nitrogens with two attached hydrogens (primary N) is 1. The van der Waals surface area contributed by atoms with Crippen LogP contribution in [0.25, 0.3) is 0 Å². The predicted molar refractivity (Wildman–Crippen MR) is 53.2 cm³/mol. The Labute approximate surface area is 77.3 Å². The molecule has 0 aliphatic heterocycles. The van der Waals surface area contributed by atoms with Crippen LogP contribution < -0.4 is 10.5 Å². The summed E-state index contributed by atoms with van der Waals surface area (Å²) in [7, 11) is 0. The maximum Gasteiger partial charge on any atom is 0.259 e. The van der Waals surface area contributed by atoms with Gasteiger partial charge in [-0.15, -0.1) is 0 Å². The van der Waals surface area contributed by atoms with Crippen molar-refractivity contribution in [2.24, 2.45) is 5.73 Å². The standard InChI is InChI=1S/C9H11NOS/c1-2-7-5-3-4-6-8(7)11-9(10)12/h3-6H,2H2,1H3,(H2,10,12). The second-order valence-electron chi connectivity index (χ2n) is 2.38. The number of aryl methyl sites for hydroxylation is 1. The van der Waals surface area contributed by atoms with Crippen molar-refractivity contribution in [1.82, 2.24) is 0 Å². The smallest absolute Gasteiger partial charge is 0.259 e. The molecule has 0 atom stereocenters. The quantitative estimate of drug-likeness (QED) is 0.707. The van der Waals surface area contributed by atoms with Crippen LogP contribution >= 0.6 is 12.2 Å². The molecule has 0 unspecified atom stereocenters. The van der Waals surface area contributed by atoms with Crippen LogP contribution in [0.3, 0.4) is 0 Å². The van der Waals surface area contributed by atoms with E-state index in [9.17, 15) is 0 Å². The Hall–Kier alpha value is -1.09. The summed E-state index contributed by atoms with van der Waals surface area (Å²) >= 11 is 4.64. The first-order valence-corrected chi connectivity index (χ1v) is 4.20. The maximum absolute atomic E-state index is 5.26. The van der Waals surface area contributed by atoms with Crippen molar-refractivity contribution in [3.05, 3.63) is 29.8 Å². The van der Waals surface area contributed by atoms with E-state index in [1.165, 1.54) is 0 Å². The average molecular weight is 181 g/mol. The largest absolute Gasteiger partial charge is 0.432 e. The lowest BCUT2D eigenvalue weighted by molar-refractivity contribution is 0.550. The van der Waals surface area contributed by atoms with Crippen LogP contribution in [0, 0.1) is 0 Å². The highest BCUT2D eigenvalue weighted by molar-refractivity contribution is 7.80. The third-order valence-electron chi connectivity index (χ3n) is 1.56. The summed E-state index contributed by atoms with van der Waals surface area (Å²) in [6.07, 6.45) is 0.915. The van der Waals surface area contributed by atoms with Gasteiger partial charge in [-0.05, 0) is 30.3 Å². The van der Waals surface area contributed by atoms with Gasteiger partial charge < -0.3 is 10.5 Å². The van der Waals surface area contributed by atoms with Crippen LogP contribution in [0.1, 0.15) is 12.5 Å². The topological polar surface area (TPSA) is 35.2 Å². The third kappa shape index (κ3) is 2.20. The van der Waals surface area contributed by atoms with Crippen molar-refractivity contribution in [2.75, 3.05) is 0 Å². The lowest BCUT2D eigenvalue weighted by Gasteiger charge is -2.06. The number of hydrogen-bond donors (Lipinski definition) is 1. The lowest BCUT2D eigenvalue weighted by Crippen LogP contribution is -2.16. The molecule has 0 bridgehead atoms. The van der Waals surface area contributed by atoms with Gasteiger partial charge in [-0.25, -0.2) is 0 Å². The summed E-state index contributed by atoms with van der Waals surface area (Å²) in [6.45, 7) is 2.06. The van der Waals surface area contributed by atoms with E-state index >= 15 is 0 Å². The van der Waals surface area contributed by atoms with Crippen molar-refractivity contribution in [1.29, 1.82) is 0 Å². The van der Waals surface area contributed by atoms with Gasteiger partial charge in [-0.2, -0.15) is 0 Å². The normalized spacial score (nSPS) is 9.42. The van der Waals surface area contributed by atoms with E-state index < -0.39 is 0 Å². The summed E-state index contributed by atoms with van der Waals surface area (Å²) in [5.74, 6) is 0.757. The first kappa shape index (κ1) is 9.00. The number of benzene rings is 1. The highest BCUT2D eigenvalue weighted by atomic mass is 32.1. The number of rotatable bonds is 2. The Bertz CT molecular complexity index is 286. The molecule has 0 radical (unpaired) electrons. The minimum Gasteiger partial charge on any atom is -0.432 e. The first-order valence-electron chi connectivity index (χ1n) is 3.79. The third-order valence-corrected chi connectivity index (χ3v) is 1.65. The Morgan fingerprint density at radius 1 is 1.50 bits per heavy atom. The van der Waals surface area contributed by atoms with E-state index in [-0.39, 0.29) is 5.17 Å². The fraction of sp³-hybridized carbons (Fsp3) is 0.222. The van der Waals surface area contributed by atoms with E-state index in [2.05, 4.69) is 19.1 Å². The maximum atomic E-state index is 5.26. The predicted octanol–water partition coefficient (Wildman–Crippen LogP) is 1.87. The van der Waals surface area contributed by atoms with Gasteiger partial charge in [-0.3, -0.25) is 0 Å². The Morgan fingerprint density at radius 3 is 2.75 bits per heavy atom. The van der Waals surface area contributed by atoms with Crippen molar-refractivity contribution >= 4 is 17.4 Å². The molecule has 1 aromatic rings. The summed E-state index contributed by atoms with van der Waals surface area (Å²) in [6, 6.07) is 7.71. The van der Waals surface area contributed by atoms with Gasteiger partial charge in [0.15, 0.2) is 0 Å². The molecule has 64 valence electrons. The SMILES string of the molecule is CCc1ccccc1OC(N)=S. The molecular weight excluding hydrogens is 170 g/mol. The molecule has 0 aromatic heterocycles. The minimum absolute atomic E-state index is 0.0656. The van der Waals surface area contributed by atoms with E-state index in [0.29, 0.717) is 0 Å². The monoisotopic (exact) mass is 181 g/mol. The summed E-state index contributed by atoms with van der Waals surface area (Å²) < 4.78 is 5.15. The second kappa shape index (κ2) is 4.07. The molecule has 2 N–H and O–H groups in total. The average Bonchev–Trinajstić information content (AvgIpc) is 2.04. The van der Waals surface area contributed by atoms with Gasteiger partial charge in [0.1, 0.15) is 5.75 Å². The highest BCUT2D eigenvalue weighted by Gasteiger charge is 2.00. The molecule has 0 fully saturated rings. The fourth-order valence-corrected chi connectivity index (χ4v) is 1.09. The van der Waals surface area contributed by atoms with Crippen LogP contribution in [0.5, 0.6) is 5.75 Å². The zero-order valence-corrected chi connectivity index (χ0v) is 7.73. The molecule has 0 saturated heterocycles. The number of thiocarbonyl (C=S) groups is 1. The van der Waals surface area contributed by atoms with E-state index in [4.69, 9.17) is 10.5 Å².